The van der Waals surface area contributed by atoms with Gasteiger partial charge in [0, 0.05) is 39.2 Å². The molecule has 1 aromatic heterocycles. The van der Waals surface area contributed by atoms with Gasteiger partial charge in [0.1, 0.15) is 0 Å². The molecule has 0 aromatic carbocycles. The van der Waals surface area contributed by atoms with Crippen LogP contribution in [0.3, 0.4) is 0 Å². The van der Waals surface area contributed by atoms with Gasteiger partial charge in [-0.15, -0.1) is 0 Å². The molecule has 1 aromatic rings. The maximum absolute atomic E-state index is 11.6. The summed E-state index contributed by atoms with van der Waals surface area (Å²) in [4.78, 5) is 11.6. The molecule has 5 heteroatoms. The predicted molar refractivity (Wildman–Crippen MR) is 61.7 cm³/mol. The summed E-state index contributed by atoms with van der Waals surface area (Å²) in [6, 6.07) is 0. The second-order valence-corrected chi connectivity index (χ2v) is 3.52. The van der Waals surface area contributed by atoms with Crippen LogP contribution < -0.4 is 5.69 Å². The summed E-state index contributed by atoms with van der Waals surface area (Å²) >= 11 is 0. The highest BCUT2D eigenvalue weighted by Gasteiger charge is 2.00. The topological polar surface area (TPSA) is 45.4 Å². The van der Waals surface area contributed by atoms with Crippen molar-refractivity contribution in [3.8, 4) is 0 Å². The van der Waals surface area contributed by atoms with Gasteiger partial charge in [0.05, 0.1) is 13.2 Å². The van der Waals surface area contributed by atoms with E-state index in [9.17, 15) is 4.79 Å². The summed E-state index contributed by atoms with van der Waals surface area (Å²) in [6.07, 6.45) is 4.48. The molecule has 0 amide bonds. The Morgan fingerprint density at radius 3 is 2.56 bits per heavy atom. The Bertz CT molecular complexity index is 343. The molecule has 16 heavy (non-hydrogen) atoms. The Morgan fingerprint density at radius 1 is 1.19 bits per heavy atom. The molecule has 1 heterocycles. The molecule has 0 spiro atoms. The number of hydrogen-bond acceptors (Lipinski definition) is 3. The molecule has 0 bridgehead atoms. The van der Waals surface area contributed by atoms with Crippen molar-refractivity contribution in [3.63, 3.8) is 0 Å². The summed E-state index contributed by atoms with van der Waals surface area (Å²) in [5.74, 6) is 0. The number of hydrogen-bond donors (Lipinski definition) is 0. The minimum Gasteiger partial charge on any atom is -0.382 e. The number of ether oxygens (including phenoxy) is 2. The zero-order valence-electron chi connectivity index (χ0n) is 10.0. The van der Waals surface area contributed by atoms with Crippen LogP contribution in [0.15, 0.2) is 17.2 Å². The molecule has 0 saturated carbocycles. The van der Waals surface area contributed by atoms with Gasteiger partial charge >= 0.3 is 5.69 Å². The van der Waals surface area contributed by atoms with Crippen LogP contribution in [0.4, 0.5) is 0 Å². The fraction of sp³-hybridized carbons (Fsp3) is 0.727. The first-order chi connectivity index (χ1) is 7.79. The molecular weight excluding hydrogens is 208 g/mol. The molecule has 92 valence electrons. The fourth-order valence-electron chi connectivity index (χ4n) is 1.45. The molecule has 0 unspecified atom stereocenters. The first kappa shape index (κ1) is 13.0. The van der Waals surface area contributed by atoms with E-state index >= 15 is 0 Å². The predicted octanol–water partition coefficient (Wildman–Crippen LogP) is 0.723. The first-order valence-electron chi connectivity index (χ1n) is 5.61. The Hall–Kier alpha value is -1.07. The summed E-state index contributed by atoms with van der Waals surface area (Å²) in [5, 5.41) is 0. The standard InChI is InChI=1S/C11H20N2O3/c1-3-12-6-7-13(11(12)14)5-4-8-16-10-9-15-2/h6-7H,3-5,8-10H2,1-2H3. The number of rotatable bonds is 8. The number of aromatic nitrogens is 2. The van der Waals surface area contributed by atoms with Crippen molar-refractivity contribution in [2.75, 3.05) is 26.9 Å². The van der Waals surface area contributed by atoms with Crippen LogP contribution in [-0.2, 0) is 22.6 Å². The van der Waals surface area contributed by atoms with Crippen LogP contribution in [0.1, 0.15) is 13.3 Å². The average molecular weight is 228 g/mol. The Balaban J connectivity index is 2.22. The monoisotopic (exact) mass is 228 g/mol. The van der Waals surface area contributed by atoms with Crippen molar-refractivity contribution < 1.29 is 9.47 Å². The third-order valence-corrected chi connectivity index (χ3v) is 2.38. The second-order valence-electron chi connectivity index (χ2n) is 3.52. The van der Waals surface area contributed by atoms with Crippen molar-refractivity contribution in [1.82, 2.24) is 9.13 Å². The normalized spacial score (nSPS) is 10.9. The van der Waals surface area contributed by atoms with Gasteiger partial charge in [-0.25, -0.2) is 4.79 Å². The van der Waals surface area contributed by atoms with Gasteiger partial charge in [0.15, 0.2) is 0 Å². The largest absolute Gasteiger partial charge is 0.382 e. The summed E-state index contributed by atoms with van der Waals surface area (Å²) in [5.41, 5.74) is 0.0550. The van der Waals surface area contributed by atoms with E-state index in [-0.39, 0.29) is 5.69 Å². The SMILES string of the molecule is CCn1ccn(CCCOCCOC)c1=O. The zero-order chi connectivity index (χ0) is 11.8. The molecule has 0 radical (unpaired) electrons. The van der Waals surface area contributed by atoms with Crippen LogP contribution >= 0.6 is 0 Å². The summed E-state index contributed by atoms with van der Waals surface area (Å²) < 4.78 is 13.6. The van der Waals surface area contributed by atoms with Crippen molar-refractivity contribution in [1.29, 1.82) is 0 Å². The van der Waals surface area contributed by atoms with Crippen molar-refractivity contribution >= 4 is 0 Å². The quantitative estimate of drug-likeness (QED) is 0.616. The Kier molecular flexibility index (Phi) is 5.88. The molecule has 0 saturated heterocycles. The van der Waals surface area contributed by atoms with Gasteiger partial charge in [-0.1, -0.05) is 0 Å². The highest BCUT2D eigenvalue weighted by Crippen LogP contribution is 1.90. The lowest BCUT2D eigenvalue weighted by Gasteiger charge is -2.03. The van der Waals surface area contributed by atoms with E-state index < -0.39 is 0 Å². The van der Waals surface area contributed by atoms with Crippen molar-refractivity contribution in [3.05, 3.63) is 22.9 Å². The number of nitrogens with zero attached hydrogens (tertiary/aromatic N) is 2. The second kappa shape index (κ2) is 7.24. The molecule has 0 aliphatic carbocycles. The van der Waals surface area contributed by atoms with Crippen LogP contribution in [0.2, 0.25) is 0 Å². The number of imidazole rings is 1. The molecule has 0 atom stereocenters. The van der Waals surface area contributed by atoms with E-state index in [1.807, 2.05) is 19.3 Å². The van der Waals surface area contributed by atoms with E-state index in [4.69, 9.17) is 9.47 Å². The van der Waals surface area contributed by atoms with E-state index in [0.29, 0.717) is 26.4 Å². The molecule has 0 aliphatic heterocycles. The summed E-state index contributed by atoms with van der Waals surface area (Å²) in [6.45, 7) is 5.27. The van der Waals surface area contributed by atoms with Gasteiger partial charge in [0.2, 0.25) is 0 Å². The number of aryl methyl sites for hydroxylation is 2. The van der Waals surface area contributed by atoms with Crippen molar-refractivity contribution in [2.45, 2.75) is 26.4 Å². The smallest absolute Gasteiger partial charge is 0.328 e. The first-order valence-corrected chi connectivity index (χ1v) is 5.61. The highest BCUT2D eigenvalue weighted by molar-refractivity contribution is 4.80. The van der Waals surface area contributed by atoms with Gasteiger partial charge in [-0.2, -0.15) is 0 Å². The van der Waals surface area contributed by atoms with E-state index in [1.165, 1.54) is 0 Å². The lowest BCUT2D eigenvalue weighted by atomic mass is 10.4. The molecule has 0 N–H and O–H groups in total. The van der Waals surface area contributed by atoms with E-state index in [2.05, 4.69) is 0 Å². The molecule has 5 nitrogen and oxygen atoms in total. The maximum atomic E-state index is 11.6. The third kappa shape index (κ3) is 3.83. The lowest BCUT2D eigenvalue weighted by molar-refractivity contribution is 0.0679. The fourth-order valence-corrected chi connectivity index (χ4v) is 1.45. The Morgan fingerprint density at radius 2 is 1.94 bits per heavy atom. The van der Waals surface area contributed by atoms with Crippen LogP contribution in [0.25, 0.3) is 0 Å². The number of methoxy groups -OCH3 is 1. The van der Waals surface area contributed by atoms with E-state index in [0.717, 1.165) is 13.0 Å². The molecule has 1 rings (SSSR count). The van der Waals surface area contributed by atoms with Crippen LogP contribution in [0, 0.1) is 0 Å². The van der Waals surface area contributed by atoms with Crippen LogP contribution in [0.5, 0.6) is 0 Å². The van der Waals surface area contributed by atoms with Crippen molar-refractivity contribution in [2.24, 2.45) is 0 Å². The van der Waals surface area contributed by atoms with Gasteiger partial charge in [-0.3, -0.25) is 9.13 Å². The lowest BCUT2D eigenvalue weighted by Crippen LogP contribution is -2.24. The summed E-state index contributed by atoms with van der Waals surface area (Å²) in [7, 11) is 1.65. The van der Waals surface area contributed by atoms with Crippen LogP contribution in [-0.4, -0.2) is 36.1 Å². The average Bonchev–Trinajstić information content (AvgIpc) is 2.65. The third-order valence-electron chi connectivity index (χ3n) is 2.38. The zero-order valence-corrected chi connectivity index (χ0v) is 10.0. The Labute approximate surface area is 95.6 Å². The minimum absolute atomic E-state index is 0.0550. The minimum atomic E-state index is 0.0550. The highest BCUT2D eigenvalue weighted by atomic mass is 16.5. The van der Waals surface area contributed by atoms with Gasteiger partial charge in [0.25, 0.3) is 0 Å². The van der Waals surface area contributed by atoms with E-state index in [1.54, 1.807) is 16.2 Å². The molecular formula is C11H20N2O3. The maximum Gasteiger partial charge on any atom is 0.328 e. The molecule has 0 aliphatic rings. The molecule has 0 fully saturated rings. The van der Waals surface area contributed by atoms with Gasteiger partial charge < -0.3 is 9.47 Å². The van der Waals surface area contributed by atoms with Gasteiger partial charge in [-0.05, 0) is 13.3 Å².